The first-order valence-corrected chi connectivity index (χ1v) is 9.87. The van der Waals surface area contributed by atoms with Crippen LogP contribution in [0.2, 0.25) is 0 Å². The van der Waals surface area contributed by atoms with Crippen LogP contribution in [0.5, 0.6) is 0 Å². The van der Waals surface area contributed by atoms with E-state index in [1.165, 1.54) is 4.90 Å². The van der Waals surface area contributed by atoms with Gasteiger partial charge < -0.3 is 16.0 Å². The molecule has 1 fully saturated rings. The molecule has 0 aliphatic carbocycles. The molecule has 28 heavy (non-hydrogen) atoms. The number of carbonyl (C=O) groups excluding carboxylic acids is 3. The van der Waals surface area contributed by atoms with E-state index in [1.54, 1.807) is 24.3 Å². The number of fused-ring (bicyclic) bond motifs is 1. The summed E-state index contributed by atoms with van der Waals surface area (Å²) >= 11 is 0. The second-order valence-electron chi connectivity index (χ2n) is 9.06. The Morgan fingerprint density at radius 3 is 2.14 bits per heavy atom. The maximum atomic E-state index is 12.3. The monoisotopic (exact) mass is 386 g/mol. The van der Waals surface area contributed by atoms with E-state index in [2.05, 4.69) is 43.6 Å². The summed E-state index contributed by atoms with van der Waals surface area (Å²) in [6, 6.07) is 6.74. The average molecular weight is 386 g/mol. The van der Waals surface area contributed by atoms with Crippen molar-refractivity contribution in [2.45, 2.75) is 64.1 Å². The summed E-state index contributed by atoms with van der Waals surface area (Å²) in [5.74, 6) is -0.520. The molecule has 1 saturated heterocycles. The van der Waals surface area contributed by atoms with E-state index in [0.717, 1.165) is 12.8 Å². The van der Waals surface area contributed by atoms with E-state index in [9.17, 15) is 14.4 Å². The molecule has 0 radical (unpaired) electrons. The van der Waals surface area contributed by atoms with Crippen molar-refractivity contribution in [3.05, 3.63) is 35.4 Å². The second kappa shape index (κ2) is 7.54. The van der Waals surface area contributed by atoms with Gasteiger partial charge >= 0.3 is 6.03 Å². The van der Waals surface area contributed by atoms with Crippen molar-refractivity contribution in [2.75, 3.05) is 13.1 Å². The molecular formula is C21H30N4O3. The first-order valence-electron chi connectivity index (χ1n) is 9.87. The fourth-order valence-corrected chi connectivity index (χ4v) is 4.54. The molecule has 0 unspecified atom stereocenters. The largest absolute Gasteiger partial charge is 0.338 e. The van der Waals surface area contributed by atoms with Gasteiger partial charge in [-0.05, 0) is 59.1 Å². The van der Waals surface area contributed by atoms with Crippen LogP contribution in [0.15, 0.2) is 24.3 Å². The number of rotatable bonds is 5. The molecule has 0 aromatic heterocycles. The first kappa shape index (κ1) is 20.3. The standard InChI is InChI=1S/C21H30N4O3/c1-20(2)12-14(13-21(3,4)24-20)23-19(28)22-10-7-11-25-17(26)15-8-5-6-9-16(15)18(25)27/h5-6,8-9,14,24H,7,10-13H2,1-4H3,(H2,22,23,28). The van der Waals surface area contributed by atoms with E-state index < -0.39 is 0 Å². The highest BCUT2D eigenvalue weighted by atomic mass is 16.2. The number of nitrogens with zero attached hydrogens (tertiary/aromatic N) is 1. The molecule has 2 heterocycles. The predicted molar refractivity (Wildman–Crippen MR) is 107 cm³/mol. The molecule has 2 aliphatic rings. The zero-order valence-electron chi connectivity index (χ0n) is 17.1. The Hall–Kier alpha value is -2.41. The Kier molecular flexibility index (Phi) is 5.48. The maximum absolute atomic E-state index is 12.3. The lowest BCUT2D eigenvalue weighted by atomic mass is 9.80. The topological polar surface area (TPSA) is 90.5 Å². The van der Waals surface area contributed by atoms with Crippen molar-refractivity contribution in [1.29, 1.82) is 0 Å². The zero-order chi connectivity index (χ0) is 20.5. The molecule has 0 saturated carbocycles. The third-order valence-corrected chi connectivity index (χ3v) is 5.25. The maximum Gasteiger partial charge on any atom is 0.315 e. The third kappa shape index (κ3) is 4.52. The molecule has 7 nitrogen and oxygen atoms in total. The van der Waals surface area contributed by atoms with Gasteiger partial charge in [-0.25, -0.2) is 4.79 Å². The summed E-state index contributed by atoms with van der Waals surface area (Å²) in [5, 5.41) is 9.49. The van der Waals surface area contributed by atoms with Gasteiger partial charge in [-0.15, -0.1) is 0 Å². The Labute approximate surface area is 166 Å². The van der Waals surface area contributed by atoms with Crippen LogP contribution in [-0.4, -0.2) is 53.0 Å². The summed E-state index contributed by atoms with van der Waals surface area (Å²) in [5.41, 5.74) is 0.833. The minimum absolute atomic E-state index is 0.0365. The van der Waals surface area contributed by atoms with Gasteiger partial charge in [-0.1, -0.05) is 12.1 Å². The van der Waals surface area contributed by atoms with Crippen LogP contribution in [-0.2, 0) is 0 Å². The average Bonchev–Trinajstić information content (AvgIpc) is 2.80. The number of piperidine rings is 1. The third-order valence-electron chi connectivity index (χ3n) is 5.25. The molecule has 0 bridgehead atoms. The lowest BCUT2D eigenvalue weighted by Crippen LogP contribution is -2.62. The summed E-state index contributed by atoms with van der Waals surface area (Å²) in [7, 11) is 0. The molecule has 0 atom stereocenters. The van der Waals surface area contributed by atoms with Crippen LogP contribution in [0.3, 0.4) is 0 Å². The van der Waals surface area contributed by atoms with Gasteiger partial charge in [-0.3, -0.25) is 14.5 Å². The van der Waals surface area contributed by atoms with Crippen LogP contribution in [0.1, 0.15) is 67.7 Å². The number of hydrogen-bond acceptors (Lipinski definition) is 4. The van der Waals surface area contributed by atoms with E-state index in [0.29, 0.717) is 30.6 Å². The molecule has 152 valence electrons. The molecule has 3 rings (SSSR count). The number of carbonyl (C=O) groups is 3. The Balaban J connectivity index is 1.43. The number of amides is 4. The van der Waals surface area contributed by atoms with Crippen LogP contribution < -0.4 is 16.0 Å². The molecular weight excluding hydrogens is 356 g/mol. The molecule has 2 aliphatic heterocycles. The quantitative estimate of drug-likeness (QED) is 0.535. The molecule has 4 amide bonds. The van der Waals surface area contributed by atoms with E-state index in [4.69, 9.17) is 0 Å². The fraction of sp³-hybridized carbons (Fsp3) is 0.571. The van der Waals surface area contributed by atoms with Gasteiger partial charge in [0.2, 0.25) is 0 Å². The Morgan fingerprint density at radius 1 is 1.07 bits per heavy atom. The predicted octanol–water partition coefficient (Wildman–Crippen LogP) is 2.28. The molecule has 1 aromatic carbocycles. The molecule has 0 spiro atoms. The highest BCUT2D eigenvalue weighted by Crippen LogP contribution is 2.28. The fourth-order valence-electron chi connectivity index (χ4n) is 4.54. The van der Waals surface area contributed by atoms with Gasteiger partial charge in [0.25, 0.3) is 11.8 Å². The van der Waals surface area contributed by atoms with Gasteiger partial charge in [0, 0.05) is 30.2 Å². The smallest absolute Gasteiger partial charge is 0.315 e. The lowest BCUT2D eigenvalue weighted by Gasteiger charge is -2.46. The number of benzene rings is 1. The number of nitrogens with one attached hydrogen (secondary N) is 3. The van der Waals surface area contributed by atoms with Gasteiger partial charge in [-0.2, -0.15) is 0 Å². The van der Waals surface area contributed by atoms with Gasteiger partial charge in [0.15, 0.2) is 0 Å². The van der Waals surface area contributed by atoms with Crippen LogP contribution in [0.25, 0.3) is 0 Å². The van der Waals surface area contributed by atoms with Crippen LogP contribution >= 0.6 is 0 Å². The van der Waals surface area contributed by atoms with Crippen molar-refractivity contribution in [2.24, 2.45) is 0 Å². The van der Waals surface area contributed by atoms with E-state index >= 15 is 0 Å². The Morgan fingerprint density at radius 2 is 1.61 bits per heavy atom. The summed E-state index contributed by atoms with van der Waals surface area (Å²) < 4.78 is 0. The van der Waals surface area contributed by atoms with Crippen molar-refractivity contribution in [3.8, 4) is 0 Å². The molecule has 7 heteroatoms. The summed E-state index contributed by atoms with van der Waals surface area (Å²) in [4.78, 5) is 38.1. The van der Waals surface area contributed by atoms with Crippen LogP contribution in [0, 0.1) is 0 Å². The van der Waals surface area contributed by atoms with Gasteiger partial charge in [0.1, 0.15) is 0 Å². The molecule has 1 aromatic rings. The van der Waals surface area contributed by atoms with Crippen molar-refractivity contribution in [1.82, 2.24) is 20.9 Å². The highest BCUT2D eigenvalue weighted by molar-refractivity contribution is 6.21. The van der Waals surface area contributed by atoms with Crippen molar-refractivity contribution >= 4 is 17.8 Å². The minimum Gasteiger partial charge on any atom is -0.338 e. The Bertz CT molecular complexity index is 737. The van der Waals surface area contributed by atoms with E-state index in [1.807, 2.05) is 0 Å². The first-order chi connectivity index (χ1) is 13.1. The normalized spacial score (nSPS) is 20.8. The molecule has 3 N–H and O–H groups in total. The number of urea groups is 1. The SMILES string of the molecule is CC1(C)CC(NC(=O)NCCCN2C(=O)c3ccccc3C2=O)CC(C)(C)N1. The number of hydrogen-bond donors (Lipinski definition) is 3. The highest BCUT2D eigenvalue weighted by Gasteiger charge is 2.38. The minimum atomic E-state index is -0.260. The summed E-state index contributed by atoms with van der Waals surface area (Å²) in [6.45, 7) is 9.26. The summed E-state index contributed by atoms with van der Waals surface area (Å²) in [6.07, 6.45) is 2.24. The second-order valence-corrected chi connectivity index (χ2v) is 9.06. The zero-order valence-corrected chi connectivity index (χ0v) is 17.1. The van der Waals surface area contributed by atoms with Crippen LogP contribution in [0.4, 0.5) is 4.79 Å². The lowest BCUT2D eigenvalue weighted by molar-refractivity contribution is 0.0653. The van der Waals surface area contributed by atoms with E-state index in [-0.39, 0.29) is 35.0 Å². The van der Waals surface area contributed by atoms with Crippen molar-refractivity contribution in [3.63, 3.8) is 0 Å². The van der Waals surface area contributed by atoms with Gasteiger partial charge in [0.05, 0.1) is 11.1 Å². The number of imide groups is 1. The van der Waals surface area contributed by atoms with Crippen molar-refractivity contribution < 1.29 is 14.4 Å².